The van der Waals surface area contributed by atoms with E-state index in [1.807, 2.05) is 36.5 Å². The van der Waals surface area contributed by atoms with E-state index in [9.17, 15) is 19.2 Å². The third kappa shape index (κ3) is 4.56. The Bertz CT molecular complexity index is 686. The molecule has 1 aliphatic heterocycles. The highest BCUT2D eigenvalue weighted by Gasteiger charge is 2.37. The lowest BCUT2D eigenvalue weighted by atomic mass is 10.1. The van der Waals surface area contributed by atoms with Crippen molar-refractivity contribution in [1.82, 2.24) is 5.32 Å². The van der Waals surface area contributed by atoms with Crippen molar-refractivity contribution in [2.75, 3.05) is 11.4 Å². The lowest BCUT2D eigenvalue weighted by Crippen LogP contribution is -2.42. The molecule has 0 aliphatic carbocycles. The maximum atomic E-state index is 12.2. The van der Waals surface area contributed by atoms with Crippen LogP contribution in [0.1, 0.15) is 25.8 Å². The smallest absolute Gasteiger partial charge is 0.318 e. The monoisotopic (exact) mass is 347 g/mol. The number of esters is 1. The zero-order valence-electron chi connectivity index (χ0n) is 14.2. The SMILES string of the molecule is CCc1ccc(N2C[C@H](C(=O)O[C@H](C)C(=O)NC(N)=O)CC2=O)cc1. The van der Waals surface area contributed by atoms with Crippen molar-refractivity contribution in [3.63, 3.8) is 0 Å². The molecule has 1 fully saturated rings. The second-order valence-electron chi connectivity index (χ2n) is 5.86. The molecule has 0 bridgehead atoms. The number of aryl methyl sites for hydroxylation is 1. The highest BCUT2D eigenvalue weighted by Crippen LogP contribution is 2.26. The molecular formula is C17H21N3O5. The number of ether oxygens (including phenoxy) is 1. The molecule has 25 heavy (non-hydrogen) atoms. The summed E-state index contributed by atoms with van der Waals surface area (Å²) in [5.41, 5.74) is 6.72. The number of nitrogens with one attached hydrogen (secondary N) is 1. The van der Waals surface area contributed by atoms with E-state index < -0.39 is 29.9 Å². The third-order valence-electron chi connectivity index (χ3n) is 4.02. The summed E-state index contributed by atoms with van der Waals surface area (Å²) in [5, 5.41) is 1.84. The maximum absolute atomic E-state index is 12.2. The molecule has 0 aromatic heterocycles. The average Bonchev–Trinajstić information content (AvgIpc) is 2.96. The summed E-state index contributed by atoms with van der Waals surface area (Å²) >= 11 is 0. The Morgan fingerprint density at radius 3 is 2.52 bits per heavy atom. The van der Waals surface area contributed by atoms with Gasteiger partial charge in [0.15, 0.2) is 6.10 Å². The third-order valence-corrected chi connectivity index (χ3v) is 4.02. The van der Waals surface area contributed by atoms with Gasteiger partial charge in [0.25, 0.3) is 5.91 Å². The van der Waals surface area contributed by atoms with Crippen molar-refractivity contribution in [3.8, 4) is 0 Å². The molecule has 1 aromatic rings. The van der Waals surface area contributed by atoms with Gasteiger partial charge < -0.3 is 15.4 Å². The molecule has 1 heterocycles. The fraction of sp³-hybridized carbons (Fsp3) is 0.412. The highest BCUT2D eigenvalue weighted by molar-refractivity contribution is 6.00. The van der Waals surface area contributed by atoms with Gasteiger partial charge in [-0.05, 0) is 31.0 Å². The van der Waals surface area contributed by atoms with Crippen LogP contribution in [-0.2, 0) is 25.5 Å². The van der Waals surface area contributed by atoms with Gasteiger partial charge in [0.1, 0.15) is 0 Å². The summed E-state index contributed by atoms with van der Waals surface area (Å²) in [6.45, 7) is 3.55. The number of urea groups is 1. The number of hydrogen-bond donors (Lipinski definition) is 2. The molecular weight excluding hydrogens is 326 g/mol. The number of primary amides is 1. The van der Waals surface area contributed by atoms with Gasteiger partial charge in [-0.3, -0.25) is 19.7 Å². The standard InChI is InChI=1S/C17H21N3O5/c1-3-11-4-6-13(7-5-11)20-9-12(8-14(20)21)16(23)25-10(2)15(22)19-17(18)24/h4-7,10,12H,3,8-9H2,1-2H3,(H3,18,19,22,24)/t10-,12-/m1/s1. The van der Waals surface area contributed by atoms with Crippen LogP contribution in [0.15, 0.2) is 24.3 Å². The van der Waals surface area contributed by atoms with Crippen molar-refractivity contribution in [2.45, 2.75) is 32.8 Å². The van der Waals surface area contributed by atoms with E-state index in [0.29, 0.717) is 0 Å². The van der Waals surface area contributed by atoms with Gasteiger partial charge >= 0.3 is 12.0 Å². The topological polar surface area (TPSA) is 119 Å². The molecule has 2 atom stereocenters. The minimum Gasteiger partial charge on any atom is -0.452 e. The molecule has 1 aliphatic rings. The van der Waals surface area contributed by atoms with Crippen molar-refractivity contribution in [3.05, 3.63) is 29.8 Å². The number of hydrogen-bond acceptors (Lipinski definition) is 5. The van der Waals surface area contributed by atoms with Crippen LogP contribution < -0.4 is 16.0 Å². The lowest BCUT2D eigenvalue weighted by Gasteiger charge is -2.18. The number of rotatable bonds is 5. The number of imide groups is 1. The number of carbonyl (C=O) groups excluding carboxylic acids is 4. The van der Waals surface area contributed by atoms with E-state index in [2.05, 4.69) is 0 Å². The lowest BCUT2D eigenvalue weighted by molar-refractivity contribution is -0.158. The van der Waals surface area contributed by atoms with Crippen LogP contribution in [0.2, 0.25) is 0 Å². The fourth-order valence-corrected chi connectivity index (χ4v) is 2.57. The maximum Gasteiger partial charge on any atom is 0.318 e. The van der Waals surface area contributed by atoms with Gasteiger partial charge in [-0.25, -0.2) is 4.79 Å². The zero-order chi connectivity index (χ0) is 18.6. The van der Waals surface area contributed by atoms with Crippen LogP contribution in [0.5, 0.6) is 0 Å². The molecule has 3 N–H and O–H groups in total. The average molecular weight is 347 g/mol. The minimum atomic E-state index is -1.17. The fourth-order valence-electron chi connectivity index (χ4n) is 2.57. The van der Waals surface area contributed by atoms with Crippen LogP contribution in [0.4, 0.5) is 10.5 Å². The van der Waals surface area contributed by atoms with Crippen molar-refractivity contribution in [2.24, 2.45) is 11.7 Å². The van der Waals surface area contributed by atoms with Crippen LogP contribution >= 0.6 is 0 Å². The van der Waals surface area contributed by atoms with E-state index in [1.54, 1.807) is 0 Å². The molecule has 8 heteroatoms. The first-order valence-electron chi connectivity index (χ1n) is 8.02. The van der Waals surface area contributed by atoms with Gasteiger partial charge in [-0.2, -0.15) is 0 Å². The largest absolute Gasteiger partial charge is 0.452 e. The van der Waals surface area contributed by atoms with E-state index in [1.165, 1.54) is 11.8 Å². The molecule has 1 saturated heterocycles. The molecule has 0 spiro atoms. The van der Waals surface area contributed by atoms with Gasteiger partial charge in [0.05, 0.1) is 5.92 Å². The van der Waals surface area contributed by atoms with Gasteiger partial charge in [0.2, 0.25) is 5.91 Å². The summed E-state index contributed by atoms with van der Waals surface area (Å²) in [6.07, 6.45) is -0.263. The summed E-state index contributed by atoms with van der Waals surface area (Å²) in [4.78, 5) is 48.1. The van der Waals surface area contributed by atoms with E-state index in [0.717, 1.165) is 17.7 Å². The highest BCUT2D eigenvalue weighted by atomic mass is 16.5. The number of carbonyl (C=O) groups is 4. The van der Waals surface area contributed by atoms with Gasteiger partial charge in [-0.15, -0.1) is 0 Å². The first-order valence-corrected chi connectivity index (χ1v) is 8.02. The summed E-state index contributed by atoms with van der Waals surface area (Å²) in [6, 6.07) is 6.53. The van der Waals surface area contributed by atoms with Crippen LogP contribution in [0.3, 0.4) is 0 Å². The summed E-state index contributed by atoms with van der Waals surface area (Å²) in [5.74, 6) is -2.31. The Balaban J connectivity index is 1.97. The number of amides is 4. The second-order valence-corrected chi connectivity index (χ2v) is 5.86. The quantitative estimate of drug-likeness (QED) is 0.761. The Morgan fingerprint density at radius 2 is 1.96 bits per heavy atom. The molecule has 8 nitrogen and oxygen atoms in total. The van der Waals surface area contributed by atoms with Crippen molar-refractivity contribution >= 4 is 29.5 Å². The van der Waals surface area contributed by atoms with E-state index >= 15 is 0 Å². The number of nitrogens with two attached hydrogens (primary N) is 1. The molecule has 0 radical (unpaired) electrons. The second kappa shape index (κ2) is 7.78. The van der Waals surface area contributed by atoms with E-state index in [-0.39, 0.29) is 18.9 Å². The predicted molar refractivity (Wildman–Crippen MR) is 89.6 cm³/mol. The van der Waals surface area contributed by atoms with Gasteiger partial charge in [0, 0.05) is 18.7 Å². The Morgan fingerprint density at radius 1 is 1.32 bits per heavy atom. The summed E-state index contributed by atoms with van der Waals surface area (Å²) in [7, 11) is 0. The molecule has 134 valence electrons. The number of anilines is 1. The Hall–Kier alpha value is -2.90. The molecule has 2 rings (SSSR count). The summed E-state index contributed by atoms with van der Waals surface area (Å²) < 4.78 is 5.03. The van der Waals surface area contributed by atoms with Crippen molar-refractivity contribution in [1.29, 1.82) is 0 Å². The van der Waals surface area contributed by atoms with E-state index in [4.69, 9.17) is 10.5 Å². The molecule has 4 amide bonds. The van der Waals surface area contributed by atoms with Gasteiger partial charge in [-0.1, -0.05) is 19.1 Å². The normalized spacial score (nSPS) is 17.9. The van der Waals surface area contributed by atoms with Crippen LogP contribution in [-0.4, -0.2) is 36.5 Å². The number of benzene rings is 1. The predicted octanol–water partition coefficient (Wildman–Crippen LogP) is 0.728. The number of nitrogens with zero attached hydrogens (tertiary/aromatic N) is 1. The van der Waals surface area contributed by atoms with Crippen LogP contribution in [0.25, 0.3) is 0 Å². The Kier molecular flexibility index (Phi) is 5.74. The Labute approximate surface area is 145 Å². The zero-order valence-corrected chi connectivity index (χ0v) is 14.2. The first kappa shape index (κ1) is 18.4. The van der Waals surface area contributed by atoms with Crippen molar-refractivity contribution < 1.29 is 23.9 Å². The molecule has 0 saturated carbocycles. The first-order chi connectivity index (χ1) is 11.8. The molecule has 0 unspecified atom stereocenters. The minimum absolute atomic E-state index is 0.0124. The molecule has 1 aromatic carbocycles. The van der Waals surface area contributed by atoms with Crippen LogP contribution in [0, 0.1) is 5.92 Å².